The molecule has 0 atom stereocenters. The molecule has 0 radical (unpaired) electrons. The number of likely N-dealkylation sites (N-methyl/N-ethyl adjacent to an activating group) is 1. The van der Waals surface area contributed by atoms with Gasteiger partial charge in [0.2, 0.25) is 0 Å². The summed E-state index contributed by atoms with van der Waals surface area (Å²) < 4.78 is 0. The van der Waals surface area contributed by atoms with Crippen molar-refractivity contribution in [2.45, 2.75) is 13.3 Å². The largest absolute Gasteiger partial charge is 0.352 e. The van der Waals surface area contributed by atoms with Crippen molar-refractivity contribution >= 4 is 23.0 Å². The van der Waals surface area contributed by atoms with Crippen molar-refractivity contribution in [3.63, 3.8) is 0 Å². The van der Waals surface area contributed by atoms with Crippen LogP contribution in [-0.2, 0) is 6.42 Å². The van der Waals surface area contributed by atoms with Gasteiger partial charge in [0.05, 0.1) is 0 Å². The maximum atomic E-state index is 5.40. The number of nitrogens with one attached hydrogen (secondary N) is 1. The number of aromatic nitrogens is 1. The SMILES string of the molecule is Cc1ccc(NC(=S)N(C)CCc2ccccn2)cc1. The summed E-state index contributed by atoms with van der Waals surface area (Å²) in [7, 11) is 1.99. The van der Waals surface area contributed by atoms with Crippen LogP contribution in [-0.4, -0.2) is 28.6 Å². The minimum absolute atomic E-state index is 0.727. The molecule has 0 saturated carbocycles. The molecule has 104 valence electrons. The van der Waals surface area contributed by atoms with E-state index in [0.29, 0.717) is 0 Å². The quantitative estimate of drug-likeness (QED) is 0.873. The summed E-state index contributed by atoms with van der Waals surface area (Å²) in [6.45, 7) is 2.91. The number of hydrogen-bond acceptors (Lipinski definition) is 2. The molecule has 0 fully saturated rings. The van der Waals surface area contributed by atoms with Crippen molar-refractivity contribution in [1.82, 2.24) is 9.88 Å². The lowest BCUT2D eigenvalue weighted by Gasteiger charge is -2.21. The lowest BCUT2D eigenvalue weighted by Crippen LogP contribution is -2.32. The molecule has 1 aromatic heterocycles. The minimum atomic E-state index is 0.727. The fourth-order valence-corrected chi connectivity index (χ4v) is 1.99. The first-order valence-corrected chi connectivity index (χ1v) is 7.04. The van der Waals surface area contributed by atoms with Crippen molar-refractivity contribution in [2.24, 2.45) is 0 Å². The topological polar surface area (TPSA) is 28.2 Å². The van der Waals surface area contributed by atoms with E-state index in [1.807, 2.05) is 48.5 Å². The third-order valence-corrected chi connectivity index (χ3v) is 3.49. The predicted octanol–water partition coefficient (Wildman–Crippen LogP) is 3.26. The van der Waals surface area contributed by atoms with Gasteiger partial charge in [-0.05, 0) is 43.4 Å². The smallest absolute Gasteiger partial charge is 0.173 e. The molecule has 1 N–H and O–H groups in total. The van der Waals surface area contributed by atoms with Crippen molar-refractivity contribution < 1.29 is 0 Å². The molecule has 0 aliphatic carbocycles. The lowest BCUT2D eigenvalue weighted by atomic mass is 10.2. The summed E-state index contributed by atoms with van der Waals surface area (Å²) in [4.78, 5) is 6.34. The molecule has 0 aliphatic heterocycles. The van der Waals surface area contributed by atoms with E-state index in [2.05, 4.69) is 29.4 Å². The summed E-state index contributed by atoms with van der Waals surface area (Å²) in [6.07, 6.45) is 2.70. The van der Waals surface area contributed by atoms with Crippen molar-refractivity contribution in [3.05, 3.63) is 59.9 Å². The lowest BCUT2D eigenvalue weighted by molar-refractivity contribution is 0.512. The molecule has 0 aliphatic rings. The Balaban J connectivity index is 1.84. The predicted molar refractivity (Wildman–Crippen MR) is 88.0 cm³/mol. The molecule has 2 aromatic rings. The molecule has 3 nitrogen and oxygen atoms in total. The van der Waals surface area contributed by atoms with Gasteiger partial charge in [0.15, 0.2) is 5.11 Å². The summed E-state index contributed by atoms with van der Waals surface area (Å²) in [5.41, 5.74) is 3.34. The van der Waals surface area contributed by atoms with Gasteiger partial charge in [-0.15, -0.1) is 0 Å². The average molecular weight is 285 g/mol. The zero-order valence-electron chi connectivity index (χ0n) is 11.8. The average Bonchev–Trinajstić information content (AvgIpc) is 2.48. The van der Waals surface area contributed by atoms with Crippen LogP contribution in [0, 0.1) is 6.92 Å². The summed E-state index contributed by atoms with van der Waals surface area (Å²) in [6, 6.07) is 14.2. The summed E-state index contributed by atoms with van der Waals surface area (Å²) in [5.74, 6) is 0. The van der Waals surface area contributed by atoms with Crippen LogP contribution >= 0.6 is 12.2 Å². The van der Waals surface area contributed by atoms with Crippen LogP contribution in [0.1, 0.15) is 11.3 Å². The van der Waals surface area contributed by atoms with Gasteiger partial charge in [0.25, 0.3) is 0 Å². The number of thiocarbonyl (C=S) groups is 1. The normalized spacial score (nSPS) is 10.1. The van der Waals surface area contributed by atoms with E-state index in [4.69, 9.17) is 12.2 Å². The van der Waals surface area contributed by atoms with E-state index in [0.717, 1.165) is 29.5 Å². The maximum Gasteiger partial charge on any atom is 0.173 e. The van der Waals surface area contributed by atoms with E-state index in [9.17, 15) is 0 Å². The summed E-state index contributed by atoms with van der Waals surface area (Å²) in [5, 5.41) is 3.97. The van der Waals surface area contributed by atoms with Crippen molar-refractivity contribution in [2.75, 3.05) is 18.9 Å². The highest BCUT2D eigenvalue weighted by molar-refractivity contribution is 7.80. The Morgan fingerprint density at radius 1 is 1.20 bits per heavy atom. The zero-order chi connectivity index (χ0) is 14.4. The summed E-state index contributed by atoms with van der Waals surface area (Å²) >= 11 is 5.40. The Morgan fingerprint density at radius 3 is 2.60 bits per heavy atom. The van der Waals surface area contributed by atoms with Crippen LogP contribution in [0.15, 0.2) is 48.7 Å². The second-order valence-corrected chi connectivity index (χ2v) is 5.18. The van der Waals surface area contributed by atoms with Crippen LogP contribution in [0.5, 0.6) is 0 Å². The van der Waals surface area contributed by atoms with Gasteiger partial charge >= 0.3 is 0 Å². The maximum absolute atomic E-state index is 5.40. The van der Waals surface area contributed by atoms with Crippen LogP contribution in [0.4, 0.5) is 5.69 Å². The van der Waals surface area contributed by atoms with Gasteiger partial charge in [-0.3, -0.25) is 4.98 Å². The first-order valence-electron chi connectivity index (χ1n) is 6.64. The second-order valence-electron chi connectivity index (χ2n) is 4.79. The highest BCUT2D eigenvalue weighted by Gasteiger charge is 2.05. The third kappa shape index (κ3) is 4.31. The molecule has 0 spiro atoms. The molecule has 1 heterocycles. The van der Waals surface area contributed by atoms with Crippen LogP contribution in [0.3, 0.4) is 0 Å². The molecule has 2 rings (SSSR count). The number of nitrogens with zero attached hydrogens (tertiary/aromatic N) is 2. The van der Waals surface area contributed by atoms with Gasteiger partial charge in [-0.2, -0.15) is 0 Å². The van der Waals surface area contributed by atoms with E-state index < -0.39 is 0 Å². The fraction of sp³-hybridized carbons (Fsp3) is 0.250. The van der Waals surface area contributed by atoms with Gasteiger partial charge in [-0.25, -0.2) is 0 Å². The highest BCUT2D eigenvalue weighted by Crippen LogP contribution is 2.09. The van der Waals surface area contributed by atoms with E-state index >= 15 is 0 Å². The molecule has 0 unspecified atom stereocenters. The van der Waals surface area contributed by atoms with Crippen LogP contribution < -0.4 is 5.32 Å². The Bertz CT molecular complexity index is 552. The monoisotopic (exact) mass is 285 g/mol. The Labute approximate surface area is 125 Å². The van der Waals surface area contributed by atoms with E-state index in [1.165, 1.54) is 5.56 Å². The molecule has 0 amide bonds. The van der Waals surface area contributed by atoms with Crippen molar-refractivity contribution in [3.8, 4) is 0 Å². The number of pyridine rings is 1. The van der Waals surface area contributed by atoms with Crippen LogP contribution in [0.2, 0.25) is 0 Å². The molecule has 0 saturated heterocycles. The molecule has 1 aromatic carbocycles. The standard InChI is InChI=1S/C16H19N3S/c1-13-6-8-15(9-7-13)18-16(20)19(2)12-10-14-5-3-4-11-17-14/h3-9,11H,10,12H2,1-2H3,(H,18,20). The molecular formula is C16H19N3S. The number of aryl methyl sites for hydroxylation is 1. The highest BCUT2D eigenvalue weighted by atomic mass is 32.1. The number of rotatable bonds is 4. The molecule has 4 heteroatoms. The molecule has 0 bridgehead atoms. The van der Waals surface area contributed by atoms with Gasteiger partial charge in [-0.1, -0.05) is 23.8 Å². The first kappa shape index (κ1) is 14.5. The van der Waals surface area contributed by atoms with E-state index in [-0.39, 0.29) is 0 Å². The number of hydrogen-bond donors (Lipinski definition) is 1. The Morgan fingerprint density at radius 2 is 1.95 bits per heavy atom. The van der Waals surface area contributed by atoms with Gasteiger partial charge in [0, 0.05) is 37.6 Å². The van der Waals surface area contributed by atoms with Gasteiger partial charge < -0.3 is 10.2 Å². The van der Waals surface area contributed by atoms with Crippen LogP contribution in [0.25, 0.3) is 0 Å². The minimum Gasteiger partial charge on any atom is -0.352 e. The van der Waals surface area contributed by atoms with Crippen molar-refractivity contribution in [1.29, 1.82) is 0 Å². The zero-order valence-corrected chi connectivity index (χ0v) is 12.7. The number of benzene rings is 1. The number of anilines is 1. The first-order chi connectivity index (χ1) is 9.65. The van der Waals surface area contributed by atoms with E-state index in [1.54, 1.807) is 0 Å². The van der Waals surface area contributed by atoms with Gasteiger partial charge in [0.1, 0.15) is 0 Å². The third-order valence-electron chi connectivity index (χ3n) is 3.08. The second kappa shape index (κ2) is 7.01. The Hall–Kier alpha value is -1.94. The Kier molecular flexibility index (Phi) is 5.07. The fourth-order valence-electron chi connectivity index (χ4n) is 1.79. The molecule has 20 heavy (non-hydrogen) atoms. The molecular weight excluding hydrogens is 266 g/mol.